The zero-order valence-electron chi connectivity index (χ0n) is 12.0. The number of hydrogen-bond acceptors (Lipinski definition) is 5. The third-order valence-electron chi connectivity index (χ3n) is 3.16. The highest BCUT2D eigenvalue weighted by atomic mass is 16.5. The first kappa shape index (κ1) is 14.8. The minimum atomic E-state index is -0.686. The van der Waals surface area contributed by atoms with E-state index in [9.17, 15) is 5.11 Å². The summed E-state index contributed by atoms with van der Waals surface area (Å²) in [4.78, 5) is 4.18. The Bertz CT molecular complexity index is 665. The lowest BCUT2D eigenvalue weighted by Crippen LogP contribution is -2.13. The number of rotatable bonds is 5. The lowest BCUT2D eigenvalue weighted by atomic mass is 10.1. The van der Waals surface area contributed by atoms with Gasteiger partial charge in [-0.05, 0) is 36.2 Å². The number of hydrogen-bond donors (Lipinski definition) is 2. The van der Waals surface area contributed by atoms with Crippen molar-refractivity contribution >= 4 is 5.82 Å². The van der Waals surface area contributed by atoms with Crippen molar-refractivity contribution in [3.05, 3.63) is 53.2 Å². The van der Waals surface area contributed by atoms with Gasteiger partial charge in [0.25, 0.3) is 0 Å². The van der Waals surface area contributed by atoms with Crippen LogP contribution in [0.1, 0.15) is 22.9 Å². The molecule has 0 bridgehead atoms. The molecule has 1 heterocycles. The summed E-state index contributed by atoms with van der Waals surface area (Å²) in [6.45, 7) is 2.13. The first-order valence-electron chi connectivity index (χ1n) is 6.57. The quantitative estimate of drug-likeness (QED) is 0.881. The SMILES string of the molecule is COc1cccc(C(O)CNc2ccc(C)c(C#N)n2)c1. The zero-order valence-corrected chi connectivity index (χ0v) is 12.0. The number of nitrogens with one attached hydrogen (secondary N) is 1. The van der Waals surface area contributed by atoms with Gasteiger partial charge in [0.15, 0.2) is 0 Å². The number of aromatic nitrogens is 1. The van der Waals surface area contributed by atoms with Crippen LogP contribution >= 0.6 is 0 Å². The molecular weight excluding hydrogens is 266 g/mol. The van der Waals surface area contributed by atoms with Crippen molar-refractivity contribution in [2.75, 3.05) is 19.0 Å². The fourth-order valence-electron chi connectivity index (χ4n) is 1.91. The second-order valence-electron chi connectivity index (χ2n) is 4.65. The van der Waals surface area contributed by atoms with Crippen LogP contribution in [0.3, 0.4) is 0 Å². The molecule has 0 saturated carbocycles. The molecule has 0 aliphatic heterocycles. The Kier molecular flexibility index (Phi) is 4.75. The second kappa shape index (κ2) is 6.73. The van der Waals surface area contributed by atoms with E-state index in [4.69, 9.17) is 10.00 Å². The van der Waals surface area contributed by atoms with Crippen molar-refractivity contribution in [3.63, 3.8) is 0 Å². The number of nitriles is 1. The van der Waals surface area contributed by atoms with E-state index in [2.05, 4.69) is 10.3 Å². The van der Waals surface area contributed by atoms with Crippen LogP contribution in [-0.2, 0) is 0 Å². The Morgan fingerprint density at radius 1 is 1.38 bits per heavy atom. The third kappa shape index (κ3) is 3.71. The van der Waals surface area contributed by atoms with Gasteiger partial charge in [0.1, 0.15) is 23.3 Å². The van der Waals surface area contributed by atoms with E-state index in [0.29, 0.717) is 23.8 Å². The molecule has 2 N–H and O–H groups in total. The maximum absolute atomic E-state index is 10.2. The summed E-state index contributed by atoms with van der Waals surface area (Å²) in [7, 11) is 1.59. The van der Waals surface area contributed by atoms with E-state index in [1.54, 1.807) is 19.2 Å². The molecule has 0 fully saturated rings. The molecule has 0 saturated heterocycles. The minimum absolute atomic E-state index is 0.300. The Morgan fingerprint density at radius 2 is 2.19 bits per heavy atom. The molecule has 5 heteroatoms. The molecule has 0 amide bonds. The van der Waals surface area contributed by atoms with Crippen LogP contribution in [0.5, 0.6) is 5.75 Å². The summed E-state index contributed by atoms with van der Waals surface area (Å²) in [5, 5.41) is 22.2. The lowest BCUT2D eigenvalue weighted by molar-refractivity contribution is 0.191. The molecule has 1 unspecified atom stereocenters. The van der Waals surface area contributed by atoms with Gasteiger partial charge in [-0.2, -0.15) is 5.26 Å². The molecule has 21 heavy (non-hydrogen) atoms. The van der Waals surface area contributed by atoms with Gasteiger partial charge in [-0.15, -0.1) is 0 Å². The number of ether oxygens (including phenoxy) is 1. The molecule has 2 aromatic rings. The molecule has 0 aliphatic rings. The number of benzene rings is 1. The summed E-state index contributed by atoms with van der Waals surface area (Å²) in [5.74, 6) is 1.27. The predicted octanol–water partition coefficient (Wildman–Crippen LogP) is 2.42. The number of aryl methyl sites for hydroxylation is 1. The molecule has 1 aromatic heterocycles. The van der Waals surface area contributed by atoms with Gasteiger partial charge in [0.05, 0.1) is 13.2 Å². The van der Waals surface area contributed by atoms with Gasteiger partial charge in [-0.25, -0.2) is 4.98 Å². The van der Waals surface area contributed by atoms with Crippen molar-refractivity contribution in [2.45, 2.75) is 13.0 Å². The predicted molar refractivity (Wildman–Crippen MR) is 80.1 cm³/mol. The van der Waals surface area contributed by atoms with Gasteiger partial charge >= 0.3 is 0 Å². The highest BCUT2D eigenvalue weighted by Crippen LogP contribution is 2.19. The fourth-order valence-corrected chi connectivity index (χ4v) is 1.91. The minimum Gasteiger partial charge on any atom is -0.497 e. The molecule has 0 radical (unpaired) electrons. The van der Waals surface area contributed by atoms with Crippen molar-refractivity contribution in [2.24, 2.45) is 0 Å². The van der Waals surface area contributed by atoms with Crippen LogP contribution in [0.4, 0.5) is 5.82 Å². The van der Waals surface area contributed by atoms with Crippen LogP contribution in [0, 0.1) is 18.3 Å². The Labute approximate surface area is 123 Å². The van der Waals surface area contributed by atoms with E-state index in [1.807, 2.05) is 37.3 Å². The van der Waals surface area contributed by atoms with Crippen LogP contribution in [0.15, 0.2) is 36.4 Å². The van der Waals surface area contributed by atoms with E-state index in [1.165, 1.54) is 0 Å². The van der Waals surface area contributed by atoms with Crippen molar-refractivity contribution in [1.29, 1.82) is 5.26 Å². The number of anilines is 1. The first-order chi connectivity index (χ1) is 10.1. The molecule has 108 valence electrons. The molecule has 5 nitrogen and oxygen atoms in total. The zero-order chi connectivity index (χ0) is 15.2. The normalized spacial score (nSPS) is 11.5. The van der Waals surface area contributed by atoms with Gasteiger partial charge in [0.2, 0.25) is 0 Å². The van der Waals surface area contributed by atoms with Crippen molar-refractivity contribution < 1.29 is 9.84 Å². The fraction of sp³-hybridized carbons (Fsp3) is 0.250. The van der Waals surface area contributed by atoms with Gasteiger partial charge < -0.3 is 15.2 Å². The Balaban J connectivity index is 2.03. The number of methoxy groups -OCH3 is 1. The van der Waals surface area contributed by atoms with E-state index < -0.39 is 6.10 Å². The summed E-state index contributed by atoms with van der Waals surface area (Å²) < 4.78 is 5.13. The van der Waals surface area contributed by atoms with Crippen molar-refractivity contribution in [1.82, 2.24) is 4.98 Å². The Hall–Kier alpha value is -2.58. The molecule has 0 aliphatic carbocycles. The summed E-state index contributed by atoms with van der Waals surface area (Å²) in [6.07, 6.45) is -0.686. The van der Waals surface area contributed by atoms with Gasteiger partial charge in [0, 0.05) is 6.54 Å². The number of pyridine rings is 1. The van der Waals surface area contributed by atoms with Crippen LogP contribution < -0.4 is 10.1 Å². The molecule has 0 spiro atoms. The summed E-state index contributed by atoms with van der Waals surface area (Å²) in [5.41, 5.74) is 1.97. The highest BCUT2D eigenvalue weighted by molar-refractivity contribution is 5.43. The standard InChI is InChI=1S/C16H17N3O2/c1-11-6-7-16(19-14(11)9-17)18-10-15(20)12-4-3-5-13(8-12)21-2/h3-8,15,20H,10H2,1-2H3,(H,18,19). The average molecular weight is 283 g/mol. The monoisotopic (exact) mass is 283 g/mol. The second-order valence-corrected chi connectivity index (χ2v) is 4.65. The molecule has 1 atom stereocenters. The van der Waals surface area contributed by atoms with E-state index in [0.717, 1.165) is 11.1 Å². The average Bonchev–Trinajstić information content (AvgIpc) is 2.53. The summed E-state index contributed by atoms with van der Waals surface area (Å²) >= 11 is 0. The number of aliphatic hydroxyl groups is 1. The Morgan fingerprint density at radius 3 is 2.90 bits per heavy atom. The van der Waals surface area contributed by atoms with Gasteiger partial charge in [-0.3, -0.25) is 0 Å². The van der Waals surface area contributed by atoms with E-state index >= 15 is 0 Å². The van der Waals surface area contributed by atoms with Gasteiger partial charge in [-0.1, -0.05) is 18.2 Å². The molecule has 1 aromatic carbocycles. The smallest absolute Gasteiger partial charge is 0.145 e. The number of nitrogens with zero attached hydrogens (tertiary/aromatic N) is 2. The number of aliphatic hydroxyl groups excluding tert-OH is 1. The largest absolute Gasteiger partial charge is 0.497 e. The van der Waals surface area contributed by atoms with E-state index in [-0.39, 0.29) is 0 Å². The third-order valence-corrected chi connectivity index (χ3v) is 3.16. The highest BCUT2D eigenvalue weighted by Gasteiger charge is 2.09. The van der Waals surface area contributed by atoms with Crippen molar-refractivity contribution in [3.8, 4) is 11.8 Å². The lowest BCUT2D eigenvalue weighted by Gasteiger charge is -2.14. The summed E-state index contributed by atoms with van der Waals surface area (Å²) in [6, 6.07) is 12.9. The van der Waals surface area contributed by atoms with Crippen LogP contribution in [-0.4, -0.2) is 23.7 Å². The molecular formula is C16H17N3O2. The maximum atomic E-state index is 10.2. The topological polar surface area (TPSA) is 78.2 Å². The van der Waals surface area contributed by atoms with Crippen LogP contribution in [0.2, 0.25) is 0 Å². The van der Waals surface area contributed by atoms with Crippen LogP contribution in [0.25, 0.3) is 0 Å². The maximum Gasteiger partial charge on any atom is 0.145 e. The first-order valence-corrected chi connectivity index (χ1v) is 6.57. The molecule has 2 rings (SSSR count).